The minimum Gasteiger partial charge on any atom is -0.384 e. The second-order valence-electron chi connectivity index (χ2n) is 3.31. The molecule has 1 aromatic carbocycles. The summed E-state index contributed by atoms with van der Waals surface area (Å²) in [4.78, 5) is 0. The van der Waals surface area contributed by atoms with E-state index >= 15 is 0 Å². The molecule has 0 radical (unpaired) electrons. The Hall–Kier alpha value is -0.600. The lowest BCUT2D eigenvalue weighted by atomic mass is 10.0. The summed E-state index contributed by atoms with van der Waals surface area (Å²) in [7, 11) is 1.64. The van der Waals surface area contributed by atoms with Gasteiger partial charge < -0.3 is 4.74 Å². The molecular weight excluding hydrogens is 203 g/mol. The average Bonchev–Trinajstić information content (AvgIpc) is 2.17. The molecule has 1 rings (SSSR count). The van der Waals surface area contributed by atoms with E-state index in [2.05, 4.69) is 0 Å². The van der Waals surface area contributed by atoms with Gasteiger partial charge in [-0.2, -0.15) is 0 Å². The van der Waals surface area contributed by atoms with Gasteiger partial charge >= 0.3 is 0 Å². The molecule has 1 aromatic rings. The van der Waals surface area contributed by atoms with Crippen LogP contribution in [0, 0.1) is 11.7 Å². The molecule has 0 fully saturated rings. The zero-order valence-electron chi connectivity index (χ0n) is 8.17. The van der Waals surface area contributed by atoms with Crippen molar-refractivity contribution in [2.24, 2.45) is 5.92 Å². The van der Waals surface area contributed by atoms with Gasteiger partial charge in [0.2, 0.25) is 0 Å². The molecule has 3 heteroatoms. The smallest absolute Gasteiger partial charge is 0.123 e. The lowest BCUT2D eigenvalue weighted by Gasteiger charge is -2.12. The molecule has 1 unspecified atom stereocenters. The Bertz CT molecular complexity index is 278. The van der Waals surface area contributed by atoms with E-state index in [4.69, 9.17) is 16.3 Å². The summed E-state index contributed by atoms with van der Waals surface area (Å²) >= 11 is 5.76. The number of methoxy groups -OCH3 is 1. The highest BCUT2D eigenvalue weighted by Crippen LogP contribution is 2.12. The number of ether oxygens (including phenoxy) is 1. The van der Waals surface area contributed by atoms with Gasteiger partial charge in [-0.3, -0.25) is 0 Å². The van der Waals surface area contributed by atoms with Crippen molar-refractivity contribution in [3.8, 4) is 0 Å². The van der Waals surface area contributed by atoms with E-state index in [1.54, 1.807) is 13.2 Å². The van der Waals surface area contributed by atoms with Gasteiger partial charge in [-0.25, -0.2) is 4.39 Å². The van der Waals surface area contributed by atoms with Gasteiger partial charge in [0.15, 0.2) is 0 Å². The van der Waals surface area contributed by atoms with E-state index in [-0.39, 0.29) is 11.7 Å². The first-order valence-electron chi connectivity index (χ1n) is 4.55. The number of hydrogen-bond donors (Lipinski definition) is 0. The van der Waals surface area contributed by atoms with Crippen molar-refractivity contribution >= 4 is 11.6 Å². The molecule has 0 saturated heterocycles. The van der Waals surface area contributed by atoms with Crippen LogP contribution in [0.2, 0.25) is 0 Å². The maximum atomic E-state index is 12.8. The van der Waals surface area contributed by atoms with Crippen LogP contribution in [0.5, 0.6) is 0 Å². The van der Waals surface area contributed by atoms with Gasteiger partial charge in [0.25, 0.3) is 0 Å². The van der Waals surface area contributed by atoms with Gasteiger partial charge in [0, 0.05) is 13.0 Å². The van der Waals surface area contributed by atoms with Crippen molar-refractivity contribution in [2.75, 3.05) is 19.6 Å². The Balaban J connectivity index is 2.57. The second-order valence-corrected chi connectivity index (χ2v) is 3.62. The van der Waals surface area contributed by atoms with Crippen molar-refractivity contribution in [2.45, 2.75) is 6.42 Å². The molecule has 0 aliphatic heterocycles. The quantitative estimate of drug-likeness (QED) is 0.688. The summed E-state index contributed by atoms with van der Waals surface area (Å²) in [5, 5.41) is 0. The van der Waals surface area contributed by atoms with Crippen LogP contribution in [0.4, 0.5) is 4.39 Å². The highest BCUT2D eigenvalue weighted by atomic mass is 35.5. The van der Waals surface area contributed by atoms with Crippen molar-refractivity contribution in [1.29, 1.82) is 0 Å². The molecule has 0 heterocycles. The number of rotatable bonds is 5. The Morgan fingerprint density at radius 1 is 1.50 bits per heavy atom. The molecule has 1 nitrogen and oxygen atoms in total. The van der Waals surface area contributed by atoms with Crippen molar-refractivity contribution in [1.82, 2.24) is 0 Å². The largest absolute Gasteiger partial charge is 0.384 e. The zero-order valence-corrected chi connectivity index (χ0v) is 8.93. The molecule has 0 aliphatic carbocycles. The molecule has 0 spiro atoms. The zero-order chi connectivity index (χ0) is 10.4. The van der Waals surface area contributed by atoms with Crippen LogP contribution in [0.3, 0.4) is 0 Å². The third kappa shape index (κ3) is 3.64. The van der Waals surface area contributed by atoms with Crippen molar-refractivity contribution < 1.29 is 9.13 Å². The van der Waals surface area contributed by atoms with Crippen molar-refractivity contribution in [3.05, 3.63) is 35.6 Å². The van der Waals surface area contributed by atoms with Crippen LogP contribution in [0.25, 0.3) is 0 Å². The predicted octanol–water partition coefficient (Wildman–Crippen LogP) is 2.87. The second kappa shape index (κ2) is 5.99. The number of benzene rings is 1. The third-order valence-electron chi connectivity index (χ3n) is 2.03. The van der Waals surface area contributed by atoms with Crippen LogP contribution >= 0.6 is 11.6 Å². The van der Waals surface area contributed by atoms with Crippen molar-refractivity contribution in [3.63, 3.8) is 0 Å². The van der Waals surface area contributed by atoms with Gasteiger partial charge in [-0.05, 0) is 30.0 Å². The van der Waals surface area contributed by atoms with Gasteiger partial charge in [-0.15, -0.1) is 11.6 Å². The van der Waals surface area contributed by atoms with Gasteiger partial charge in [0.1, 0.15) is 5.82 Å². The Morgan fingerprint density at radius 3 is 2.86 bits per heavy atom. The maximum absolute atomic E-state index is 12.8. The highest BCUT2D eigenvalue weighted by molar-refractivity contribution is 6.18. The predicted molar refractivity (Wildman–Crippen MR) is 56.2 cm³/mol. The van der Waals surface area contributed by atoms with Crippen LogP contribution in [-0.4, -0.2) is 19.6 Å². The van der Waals surface area contributed by atoms with Crippen LogP contribution in [0.15, 0.2) is 24.3 Å². The average molecular weight is 217 g/mol. The minimum atomic E-state index is -0.201. The molecule has 0 aliphatic rings. The van der Waals surface area contributed by atoms with E-state index in [0.29, 0.717) is 12.5 Å². The summed E-state index contributed by atoms with van der Waals surface area (Å²) < 4.78 is 17.9. The fourth-order valence-corrected chi connectivity index (χ4v) is 1.59. The summed E-state index contributed by atoms with van der Waals surface area (Å²) in [6.45, 7) is 0.611. The topological polar surface area (TPSA) is 9.23 Å². The SMILES string of the molecule is COCC(CCl)Cc1cccc(F)c1. The van der Waals surface area contributed by atoms with E-state index in [0.717, 1.165) is 12.0 Å². The Morgan fingerprint density at radius 2 is 2.29 bits per heavy atom. The molecule has 0 saturated carbocycles. The fourth-order valence-electron chi connectivity index (χ4n) is 1.39. The van der Waals surface area contributed by atoms with Gasteiger partial charge in [-0.1, -0.05) is 12.1 Å². The van der Waals surface area contributed by atoms with E-state index in [1.165, 1.54) is 12.1 Å². The summed E-state index contributed by atoms with van der Waals surface area (Å²) in [5.74, 6) is 0.585. The molecular formula is C11H14ClFO. The summed E-state index contributed by atoms with van der Waals surface area (Å²) in [5.41, 5.74) is 0.965. The van der Waals surface area contributed by atoms with Crippen LogP contribution in [0.1, 0.15) is 5.56 Å². The molecule has 0 aromatic heterocycles. The molecule has 78 valence electrons. The van der Waals surface area contributed by atoms with E-state index in [9.17, 15) is 4.39 Å². The molecule has 0 bridgehead atoms. The number of alkyl halides is 1. The standard InChI is InChI=1S/C11H14ClFO/c1-14-8-10(7-12)5-9-3-2-4-11(13)6-9/h2-4,6,10H,5,7-8H2,1H3. The lowest BCUT2D eigenvalue weighted by Crippen LogP contribution is -2.13. The van der Waals surface area contributed by atoms with Gasteiger partial charge in [0.05, 0.1) is 6.61 Å². The minimum absolute atomic E-state index is 0.201. The molecule has 14 heavy (non-hydrogen) atoms. The molecule has 0 N–H and O–H groups in total. The fraction of sp³-hybridized carbons (Fsp3) is 0.455. The normalized spacial score (nSPS) is 12.8. The first-order valence-corrected chi connectivity index (χ1v) is 5.09. The first-order chi connectivity index (χ1) is 6.76. The highest BCUT2D eigenvalue weighted by Gasteiger charge is 2.08. The lowest BCUT2D eigenvalue weighted by molar-refractivity contribution is 0.161. The molecule has 0 amide bonds. The first kappa shape index (κ1) is 11.5. The summed E-state index contributed by atoms with van der Waals surface area (Å²) in [6, 6.07) is 6.59. The number of halogens is 2. The van der Waals surface area contributed by atoms with Crippen LogP contribution in [-0.2, 0) is 11.2 Å². The maximum Gasteiger partial charge on any atom is 0.123 e. The van der Waals surface area contributed by atoms with Crippen LogP contribution < -0.4 is 0 Å². The monoisotopic (exact) mass is 216 g/mol. The third-order valence-corrected chi connectivity index (χ3v) is 2.47. The summed E-state index contributed by atoms with van der Waals surface area (Å²) in [6.07, 6.45) is 0.759. The van der Waals surface area contributed by atoms with E-state index in [1.807, 2.05) is 6.07 Å². The van der Waals surface area contributed by atoms with E-state index < -0.39 is 0 Å². The Labute approximate surface area is 88.8 Å². The Kier molecular flexibility index (Phi) is 4.91. The number of hydrogen-bond acceptors (Lipinski definition) is 1. The molecule has 1 atom stereocenters.